The van der Waals surface area contributed by atoms with E-state index in [4.69, 9.17) is 9.47 Å². The number of guanidine groups is 1. The van der Waals surface area contributed by atoms with Crippen molar-refractivity contribution >= 4 is 21.7 Å². The monoisotopic (exact) mass is 398 g/mol. The fourth-order valence-electron chi connectivity index (χ4n) is 2.68. The third kappa shape index (κ3) is 6.91. The molecule has 0 unspecified atom stereocenters. The number of fused-ring (bicyclic) bond motifs is 1. The Balaban J connectivity index is 1.96. The molecule has 0 saturated carbocycles. The van der Waals surface area contributed by atoms with Gasteiger partial charge in [0.1, 0.15) is 0 Å². The first-order chi connectivity index (χ1) is 12.9. The molecule has 0 amide bonds. The van der Waals surface area contributed by atoms with Gasteiger partial charge in [0.05, 0.1) is 19.5 Å². The molecule has 0 radical (unpaired) electrons. The van der Waals surface area contributed by atoms with Gasteiger partial charge in [-0.25, -0.2) is 12.7 Å². The van der Waals surface area contributed by atoms with Crippen LogP contribution in [0.15, 0.2) is 23.2 Å². The molecular formula is C18H30N4O4S. The van der Waals surface area contributed by atoms with E-state index in [1.165, 1.54) is 10.6 Å². The number of hydrogen-bond donors (Lipinski definition) is 2. The second-order valence-corrected chi connectivity index (χ2v) is 8.19. The van der Waals surface area contributed by atoms with Gasteiger partial charge in [0, 0.05) is 44.4 Å². The van der Waals surface area contributed by atoms with Crippen molar-refractivity contribution in [1.82, 2.24) is 9.62 Å². The first-order valence-corrected chi connectivity index (χ1v) is 11.2. The summed E-state index contributed by atoms with van der Waals surface area (Å²) >= 11 is 0. The maximum absolute atomic E-state index is 11.6. The Morgan fingerprint density at radius 1 is 1.22 bits per heavy atom. The second-order valence-electron chi connectivity index (χ2n) is 6.21. The Morgan fingerprint density at radius 3 is 2.63 bits per heavy atom. The number of nitrogens with zero attached hydrogens (tertiary/aromatic N) is 2. The molecular weight excluding hydrogens is 368 g/mol. The van der Waals surface area contributed by atoms with Gasteiger partial charge in [0.2, 0.25) is 10.0 Å². The van der Waals surface area contributed by atoms with Crippen LogP contribution in [0.4, 0.5) is 5.69 Å². The van der Waals surface area contributed by atoms with Crippen molar-refractivity contribution in [2.75, 3.05) is 51.0 Å². The third-order valence-corrected chi connectivity index (χ3v) is 5.39. The summed E-state index contributed by atoms with van der Waals surface area (Å²) < 4.78 is 36.0. The normalized spacial score (nSPS) is 14.7. The molecule has 0 atom stereocenters. The summed E-state index contributed by atoms with van der Waals surface area (Å²) in [5, 5.41) is 6.45. The number of nitrogens with one attached hydrogen (secondary N) is 2. The van der Waals surface area contributed by atoms with E-state index in [9.17, 15) is 8.42 Å². The number of anilines is 1. The van der Waals surface area contributed by atoms with E-state index >= 15 is 0 Å². The Bertz CT molecular complexity index is 737. The van der Waals surface area contributed by atoms with Crippen LogP contribution in [-0.2, 0) is 10.0 Å². The first kappa shape index (κ1) is 21.3. The minimum atomic E-state index is -3.16. The smallest absolute Gasteiger partial charge is 0.211 e. The predicted molar refractivity (Wildman–Crippen MR) is 108 cm³/mol. The fraction of sp³-hybridized carbons (Fsp3) is 0.611. The van der Waals surface area contributed by atoms with Gasteiger partial charge in [-0.1, -0.05) is 6.92 Å². The van der Waals surface area contributed by atoms with Crippen LogP contribution in [-0.4, -0.2) is 64.3 Å². The molecule has 1 aliphatic heterocycles. The molecule has 0 saturated heterocycles. The van der Waals surface area contributed by atoms with Crippen molar-refractivity contribution in [1.29, 1.82) is 0 Å². The summed E-state index contributed by atoms with van der Waals surface area (Å²) in [6.07, 6.45) is 2.75. The average Bonchev–Trinajstić information content (AvgIpc) is 2.85. The predicted octanol–water partition coefficient (Wildman–Crippen LogP) is 1.90. The molecule has 0 spiro atoms. The zero-order valence-electron chi connectivity index (χ0n) is 16.3. The Hall–Kier alpha value is -2.00. The lowest BCUT2D eigenvalue weighted by Crippen LogP contribution is -2.32. The van der Waals surface area contributed by atoms with Gasteiger partial charge in [-0.3, -0.25) is 4.99 Å². The highest BCUT2D eigenvalue weighted by Gasteiger charge is 2.13. The summed E-state index contributed by atoms with van der Waals surface area (Å²) in [5.74, 6) is 2.12. The van der Waals surface area contributed by atoms with Crippen molar-refractivity contribution in [2.45, 2.75) is 26.7 Å². The molecule has 0 fully saturated rings. The maximum Gasteiger partial charge on any atom is 0.211 e. The van der Waals surface area contributed by atoms with Crippen LogP contribution in [0.2, 0.25) is 0 Å². The lowest BCUT2D eigenvalue weighted by molar-refractivity contribution is 0.297. The van der Waals surface area contributed by atoms with Crippen molar-refractivity contribution in [2.24, 2.45) is 4.99 Å². The standard InChI is InChI=1S/C18H30N4O4S/c1-4-19-18(20-10-6-11-22(5-2)27(3,23)24)21-15-8-9-16-17(14-15)26-13-7-12-25-16/h8-9,14H,4-7,10-13H2,1-3H3,(H2,19,20,21). The Morgan fingerprint density at radius 2 is 1.96 bits per heavy atom. The molecule has 152 valence electrons. The van der Waals surface area contributed by atoms with Crippen LogP contribution in [0.5, 0.6) is 11.5 Å². The highest BCUT2D eigenvalue weighted by molar-refractivity contribution is 7.88. The van der Waals surface area contributed by atoms with Gasteiger partial charge in [0.15, 0.2) is 17.5 Å². The van der Waals surface area contributed by atoms with Crippen molar-refractivity contribution in [3.05, 3.63) is 18.2 Å². The molecule has 2 rings (SSSR count). The van der Waals surface area contributed by atoms with Crippen LogP contribution in [0, 0.1) is 0 Å². The van der Waals surface area contributed by atoms with E-state index in [0.717, 1.165) is 30.2 Å². The number of ether oxygens (including phenoxy) is 2. The largest absolute Gasteiger partial charge is 0.490 e. The minimum Gasteiger partial charge on any atom is -0.490 e. The first-order valence-electron chi connectivity index (χ1n) is 9.34. The van der Waals surface area contributed by atoms with E-state index in [1.807, 2.05) is 32.0 Å². The van der Waals surface area contributed by atoms with E-state index in [0.29, 0.717) is 45.2 Å². The van der Waals surface area contributed by atoms with Crippen LogP contribution < -0.4 is 20.1 Å². The highest BCUT2D eigenvalue weighted by atomic mass is 32.2. The lowest BCUT2D eigenvalue weighted by atomic mass is 10.3. The van der Waals surface area contributed by atoms with Crippen LogP contribution in [0.3, 0.4) is 0 Å². The minimum absolute atomic E-state index is 0.461. The van der Waals surface area contributed by atoms with Crippen molar-refractivity contribution < 1.29 is 17.9 Å². The maximum atomic E-state index is 11.6. The molecule has 1 heterocycles. The molecule has 1 aliphatic rings. The fourth-order valence-corrected chi connectivity index (χ4v) is 3.61. The number of rotatable bonds is 8. The van der Waals surface area contributed by atoms with Gasteiger partial charge in [-0.05, 0) is 25.5 Å². The summed E-state index contributed by atoms with van der Waals surface area (Å²) in [5.41, 5.74) is 0.852. The molecule has 9 heteroatoms. The van der Waals surface area contributed by atoms with Gasteiger partial charge in [-0.15, -0.1) is 0 Å². The zero-order chi connectivity index (χ0) is 19.7. The molecule has 0 bridgehead atoms. The van der Waals surface area contributed by atoms with Crippen LogP contribution >= 0.6 is 0 Å². The zero-order valence-corrected chi connectivity index (χ0v) is 17.1. The number of aliphatic imine (C=N–C) groups is 1. The van der Waals surface area contributed by atoms with Crippen molar-refractivity contribution in [3.63, 3.8) is 0 Å². The average molecular weight is 399 g/mol. The third-order valence-electron chi connectivity index (χ3n) is 4.01. The van der Waals surface area contributed by atoms with E-state index in [-0.39, 0.29) is 0 Å². The molecule has 8 nitrogen and oxygen atoms in total. The highest BCUT2D eigenvalue weighted by Crippen LogP contribution is 2.32. The Kier molecular flexibility index (Phi) is 8.18. The summed E-state index contributed by atoms with van der Waals surface area (Å²) in [4.78, 5) is 4.53. The quantitative estimate of drug-likeness (QED) is 0.395. The van der Waals surface area contributed by atoms with E-state index in [1.54, 1.807) is 0 Å². The lowest BCUT2D eigenvalue weighted by Gasteiger charge is -2.17. The van der Waals surface area contributed by atoms with Crippen molar-refractivity contribution in [3.8, 4) is 11.5 Å². The summed E-state index contributed by atoms with van der Waals surface area (Å²) in [6, 6.07) is 5.70. The molecule has 2 N–H and O–H groups in total. The molecule has 0 aliphatic carbocycles. The number of hydrogen-bond acceptors (Lipinski definition) is 5. The van der Waals surface area contributed by atoms with E-state index < -0.39 is 10.0 Å². The number of benzene rings is 1. The van der Waals surface area contributed by atoms with E-state index in [2.05, 4.69) is 15.6 Å². The van der Waals surface area contributed by atoms with Crippen LogP contribution in [0.1, 0.15) is 26.7 Å². The van der Waals surface area contributed by atoms with Gasteiger partial charge in [-0.2, -0.15) is 0 Å². The molecule has 27 heavy (non-hydrogen) atoms. The van der Waals surface area contributed by atoms with Gasteiger partial charge < -0.3 is 20.1 Å². The molecule has 1 aromatic rings. The van der Waals surface area contributed by atoms with Crippen LogP contribution in [0.25, 0.3) is 0 Å². The Labute approximate surface area is 162 Å². The topological polar surface area (TPSA) is 92.3 Å². The summed E-state index contributed by atoms with van der Waals surface area (Å²) in [7, 11) is -3.16. The SMILES string of the molecule is CCNC(=NCCCN(CC)S(C)(=O)=O)Nc1ccc2c(c1)OCCCO2. The molecule has 0 aromatic heterocycles. The summed E-state index contributed by atoms with van der Waals surface area (Å²) in [6.45, 7) is 7.30. The molecule has 1 aromatic carbocycles. The number of sulfonamides is 1. The van der Waals surface area contributed by atoms with Gasteiger partial charge in [0.25, 0.3) is 0 Å². The second kappa shape index (κ2) is 10.4. The van der Waals surface area contributed by atoms with Gasteiger partial charge >= 0.3 is 0 Å².